The quantitative estimate of drug-likeness (QED) is 0.787. The highest BCUT2D eigenvalue weighted by Crippen LogP contribution is 2.14. The summed E-state index contributed by atoms with van der Waals surface area (Å²) < 4.78 is 1.74. The number of hydrogen-bond donors (Lipinski definition) is 1. The van der Waals surface area contributed by atoms with Gasteiger partial charge in [-0.25, -0.2) is 4.98 Å². The molecule has 0 saturated carbocycles. The Hall–Kier alpha value is -2.69. The summed E-state index contributed by atoms with van der Waals surface area (Å²) in [6.07, 6.45) is 4.23. The van der Waals surface area contributed by atoms with Crippen LogP contribution in [0.4, 0.5) is 5.82 Å². The number of benzene rings is 1. The summed E-state index contributed by atoms with van der Waals surface area (Å²) >= 11 is 0. The van der Waals surface area contributed by atoms with Crippen LogP contribution < -0.4 is 10.9 Å². The standard InChI is InChI=1S/C18H20N4O/c1-13(2)22-16-12-19-10-9-15(16)21-17(18(22)23)20-11-8-14-6-4-3-5-7-14/h3-7,9-10,12-13H,8,11H2,1-2H3,(H,20,21). The summed E-state index contributed by atoms with van der Waals surface area (Å²) in [7, 11) is 0. The maximum Gasteiger partial charge on any atom is 0.294 e. The molecule has 0 bridgehead atoms. The van der Waals surface area contributed by atoms with Gasteiger partial charge in [0.15, 0.2) is 5.82 Å². The van der Waals surface area contributed by atoms with Crippen molar-refractivity contribution in [3.8, 4) is 0 Å². The van der Waals surface area contributed by atoms with Gasteiger partial charge in [-0.05, 0) is 31.9 Å². The van der Waals surface area contributed by atoms with E-state index in [1.807, 2.05) is 38.1 Å². The normalized spacial score (nSPS) is 11.1. The van der Waals surface area contributed by atoms with Crippen LogP contribution in [-0.2, 0) is 6.42 Å². The molecule has 0 fully saturated rings. The van der Waals surface area contributed by atoms with Gasteiger partial charge in [0, 0.05) is 18.8 Å². The van der Waals surface area contributed by atoms with Crippen molar-refractivity contribution in [1.82, 2.24) is 14.5 Å². The zero-order chi connectivity index (χ0) is 16.2. The first-order valence-electron chi connectivity index (χ1n) is 7.81. The molecule has 5 nitrogen and oxygen atoms in total. The van der Waals surface area contributed by atoms with E-state index in [2.05, 4.69) is 27.4 Å². The van der Waals surface area contributed by atoms with E-state index in [9.17, 15) is 4.79 Å². The lowest BCUT2D eigenvalue weighted by Gasteiger charge is -2.15. The highest BCUT2D eigenvalue weighted by atomic mass is 16.1. The van der Waals surface area contributed by atoms with Crippen molar-refractivity contribution in [2.45, 2.75) is 26.3 Å². The van der Waals surface area contributed by atoms with Crippen molar-refractivity contribution in [3.05, 3.63) is 64.7 Å². The maximum absolute atomic E-state index is 12.7. The fraction of sp³-hybridized carbons (Fsp3) is 0.278. The first kappa shape index (κ1) is 15.2. The number of pyridine rings is 1. The number of fused-ring (bicyclic) bond motifs is 1. The third-order valence-electron chi connectivity index (χ3n) is 3.76. The molecule has 3 rings (SSSR count). The van der Waals surface area contributed by atoms with Crippen LogP contribution in [-0.4, -0.2) is 21.1 Å². The molecule has 5 heteroatoms. The predicted octanol–water partition coefficient (Wildman–Crippen LogP) is 3.03. The Morgan fingerprint density at radius 3 is 2.70 bits per heavy atom. The minimum atomic E-state index is -0.103. The van der Waals surface area contributed by atoms with Gasteiger partial charge in [-0.3, -0.25) is 14.3 Å². The molecular weight excluding hydrogens is 288 g/mol. The van der Waals surface area contributed by atoms with E-state index in [1.54, 1.807) is 17.0 Å². The molecule has 23 heavy (non-hydrogen) atoms. The van der Waals surface area contributed by atoms with E-state index in [1.165, 1.54) is 5.56 Å². The molecule has 0 aliphatic heterocycles. The summed E-state index contributed by atoms with van der Waals surface area (Å²) in [5.74, 6) is 0.397. The summed E-state index contributed by atoms with van der Waals surface area (Å²) in [6, 6.07) is 12.1. The van der Waals surface area contributed by atoms with Gasteiger partial charge in [0.05, 0.1) is 17.2 Å². The average Bonchev–Trinajstić information content (AvgIpc) is 2.56. The molecule has 3 aromatic rings. The SMILES string of the molecule is CC(C)n1c(=O)c(NCCc2ccccc2)nc2ccncc21. The molecule has 118 valence electrons. The number of aromatic nitrogens is 3. The Morgan fingerprint density at radius 1 is 1.17 bits per heavy atom. The lowest BCUT2D eigenvalue weighted by atomic mass is 10.1. The smallest absolute Gasteiger partial charge is 0.294 e. The van der Waals surface area contributed by atoms with Crippen molar-refractivity contribution in [2.75, 3.05) is 11.9 Å². The summed E-state index contributed by atoms with van der Waals surface area (Å²) in [4.78, 5) is 21.2. The Balaban J connectivity index is 1.89. The second-order valence-corrected chi connectivity index (χ2v) is 5.76. The summed E-state index contributed by atoms with van der Waals surface area (Å²) in [5.41, 5.74) is 2.67. The molecule has 0 saturated heterocycles. The number of anilines is 1. The van der Waals surface area contributed by atoms with E-state index in [4.69, 9.17) is 0 Å². The van der Waals surface area contributed by atoms with Gasteiger partial charge in [-0.2, -0.15) is 0 Å². The van der Waals surface area contributed by atoms with Gasteiger partial charge in [0.2, 0.25) is 0 Å². The van der Waals surface area contributed by atoms with Crippen LogP contribution in [0.15, 0.2) is 53.6 Å². The first-order chi connectivity index (χ1) is 11.2. The predicted molar refractivity (Wildman–Crippen MR) is 92.8 cm³/mol. The highest BCUT2D eigenvalue weighted by Gasteiger charge is 2.12. The molecule has 0 aliphatic rings. The minimum absolute atomic E-state index is 0.0480. The highest BCUT2D eigenvalue weighted by molar-refractivity contribution is 5.75. The largest absolute Gasteiger partial charge is 0.365 e. The van der Waals surface area contributed by atoms with E-state index in [0.717, 1.165) is 17.5 Å². The molecule has 2 heterocycles. The number of rotatable bonds is 5. The Bertz CT molecular complexity index is 856. The van der Waals surface area contributed by atoms with Gasteiger partial charge in [0.1, 0.15) is 0 Å². The van der Waals surface area contributed by atoms with E-state index in [0.29, 0.717) is 12.4 Å². The van der Waals surface area contributed by atoms with Gasteiger partial charge in [-0.15, -0.1) is 0 Å². The topological polar surface area (TPSA) is 59.8 Å². The van der Waals surface area contributed by atoms with Crippen molar-refractivity contribution < 1.29 is 0 Å². The van der Waals surface area contributed by atoms with Crippen LogP contribution in [0.2, 0.25) is 0 Å². The summed E-state index contributed by atoms with van der Waals surface area (Å²) in [6.45, 7) is 4.64. The van der Waals surface area contributed by atoms with Crippen molar-refractivity contribution in [2.24, 2.45) is 0 Å². The minimum Gasteiger partial charge on any atom is -0.365 e. The Kier molecular flexibility index (Phi) is 4.37. The molecule has 0 radical (unpaired) electrons. The van der Waals surface area contributed by atoms with Gasteiger partial charge in [-0.1, -0.05) is 30.3 Å². The monoisotopic (exact) mass is 308 g/mol. The first-order valence-corrected chi connectivity index (χ1v) is 7.81. The van der Waals surface area contributed by atoms with Crippen LogP contribution in [0, 0.1) is 0 Å². The Labute approximate surface area is 135 Å². The Morgan fingerprint density at radius 2 is 1.96 bits per heavy atom. The molecule has 0 atom stereocenters. The van der Waals surface area contributed by atoms with Crippen LogP contribution in [0.3, 0.4) is 0 Å². The average molecular weight is 308 g/mol. The van der Waals surface area contributed by atoms with Crippen LogP contribution >= 0.6 is 0 Å². The van der Waals surface area contributed by atoms with Crippen LogP contribution in [0.5, 0.6) is 0 Å². The molecule has 0 aliphatic carbocycles. The second-order valence-electron chi connectivity index (χ2n) is 5.76. The molecule has 0 spiro atoms. The lowest BCUT2D eigenvalue weighted by molar-refractivity contribution is 0.598. The molecule has 1 N–H and O–H groups in total. The maximum atomic E-state index is 12.7. The zero-order valence-electron chi connectivity index (χ0n) is 13.4. The van der Waals surface area contributed by atoms with Crippen LogP contribution in [0.1, 0.15) is 25.5 Å². The van der Waals surface area contributed by atoms with Crippen molar-refractivity contribution >= 4 is 16.9 Å². The molecule has 2 aromatic heterocycles. The summed E-state index contributed by atoms with van der Waals surface area (Å²) in [5, 5.41) is 3.18. The van der Waals surface area contributed by atoms with Gasteiger partial charge in [0.25, 0.3) is 5.56 Å². The number of nitrogens with zero attached hydrogens (tertiary/aromatic N) is 3. The van der Waals surface area contributed by atoms with Crippen molar-refractivity contribution in [3.63, 3.8) is 0 Å². The third-order valence-corrected chi connectivity index (χ3v) is 3.76. The molecule has 0 unspecified atom stereocenters. The van der Waals surface area contributed by atoms with Crippen molar-refractivity contribution in [1.29, 1.82) is 0 Å². The van der Waals surface area contributed by atoms with Crippen LogP contribution in [0.25, 0.3) is 11.0 Å². The van der Waals surface area contributed by atoms with Gasteiger partial charge < -0.3 is 5.32 Å². The van der Waals surface area contributed by atoms with E-state index < -0.39 is 0 Å². The number of nitrogens with one attached hydrogen (secondary N) is 1. The number of hydrogen-bond acceptors (Lipinski definition) is 4. The second kappa shape index (κ2) is 6.60. The fourth-order valence-corrected chi connectivity index (χ4v) is 2.65. The third kappa shape index (κ3) is 3.23. The zero-order valence-corrected chi connectivity index (χ0v) is 13.4. The van der Waals surface area contributed by atoms with E-state index >= 15 is 0 Å². The molecule has 0 amide bonds. The molecular formula is C18H20N4O. The fourth-order valence-electron chi connectivity index (χ4n) is 2.65. The van der Waals surface area contributed by atoms with E-state index in [-0.39, 0.29) is 11.6 Å². The molecule has 1 aromatic carbocycles. The lowest BCUT2D eigenvalue weighted by Crippen LogP contribution is -2.27. The van der Waals surface area contributed by atoms with Gasteiger partial charge >= 0.3 is 0 Å².